The lowest BCUT2D eigenvalue weighted by molar-refractivity contribution is 0.182. The number of aliphatic hydroxyl groups is 1. The number of rotatable bonds is 7. The Bertz CT molecular complexity index is 823. The Balaban J connectivity index is 2.07. The summed E-state index contributed by atoms with van der Waals surface area (Å²) in [6.07, 6.45) is -1.02. The Morgan fingerprint density at radius 3 is 2.36 bits per heavy atom. The monoisotopic (exact) mass is 368 g/mol. The molecule has 8 heteroatoms. The van der Waals surface area contributed by atoms with Crippen molar-refractivity contribution < 1.29 is 22.7 Å². The van der Waals surface area contributed by atoms with Crippen molar-refractivity contribution in [3.8, 4) is 5.75 Å². The van der Waals surface area contributed by atoms with Gasteiger partial charge in [0.05, 0.1) is 18.1 Å². The maximum Gasteiger partial charge on any atom is 0.240 e. The van der Waals surface area contributed by atoms with E-state index in [4.69, 9.17) is 4.74 Å². The normalized spacial score (nSPS) is 12.7. The SMILES string of the molecule is COc1ccc(S(=O)(=O)NCC(O)c2ccc(N(C)C)cc2)cc1F. The van der Waals surface area contributed by atoms with Crippen LogP contribution in [0.25, 0.3) is 0 Å². The molecular formula is C17H21FN2O4S. The molecule has 0 aliphatic carbocycles. The van der Waals surface area contributed by atoms with E-state index in [-0.39, 0.29) is 17.2 Å². The fraction of sp³-hybridized carbons (Fsp3) is 0.294. The Hall–Kier alpha value is -2.16. The van der Waals surface area contributed by atoms with E-state index in [1.165, 1.54) is 19.2 Å². The smallest absolute Gasteiger partial charge is 0.240 e. The van der Waals surface area contributed by atoms with Crippen molar-refractivity contribution in [2.75, 3.05) is 32.6 Å². The molecule has 2 aromatic carbocycles. The van der Waals surface area contributed by atoms with Crippen LogP contribution in [0.5, 0.6) is 5.75 Å². The quantitative estimate of drug-likeness (QED) is 0.781. The number of hydrogen-bond donors (Lipinski definition) is 2. The number of anilines is 1. The summed E-state index contributed by atoms with van der Waals surface area (Å²) < 4.78 is 45.2. The molecule has 0 saturated carbocycles. The molecule has 1 atom stereocenters. The van der Waals surface area contributed by atoms with E-state index in [1.54, 1.807) is 12.1 Å². The van der Waals surface area contributed by atoms with Gasteiger partial charge in [-0.25, -0.2) is 17.5 Å². The van der Waals surface area contributed by atoms with Crippen LogP contribution in [0.4, 0.5) is 10.1 Å². The van der Waals surface area contributed by atoms with Crippen LogP contribution in [0.15, 0.2) is 47.4 Å². The third kappa shape index (κ3) is 4.68. The van der Waals surface area contributed by atoms with Gasteiger partial charge < -0.3 is 14.7 Å². The Labute approximate surface area is 146 Å². The highest BCUT2D eigenvalue weighted by Gasteiger charge is 2.18. The molecule has 25 heavy (non-hydrogen) atoms. The highest BCUT2D eigenvalue weighted by molar-refractivity contribution is 7.89. The minimum atomic E-state index is -3.95. The van der Waals surface area contributed by atoms with Gasteiger partial charge in [-0.05, 0) is 35.9 Å². The third-order valence-electron chi connectivity index (χ3n) is 3.69. The number of methoxy groups -OCH3 is 1. The Morgan fingerprint density at radius 2 is 1.84 bits per heavy atom. The van der Waals surface area contributed by atoms with Crippen molar-refractivity contribution in [1.29, 1.82) is 0 Å². The second kappa shape index (κ2) is 7.81. The standard InChI is InChI=1S/C17H21FN2O4S/c1-20(2)13-6-4-12(5-7-13)16(21)11-19-25(22,23)14-8-9-17(24-3)15(18)10-14/h4-10,16,19,21H,11H2,1-3H3. The van der Waals surface area contributed by atoms with Crippen molar-refractivity contribution in [1.82, 2.24) is 4.72 Å². The molecule has 2 rings (SSSR count). The summed E-state index contributed by atoms with van der Waals surface area (Å²) in [5, 5.41) is 10.2. The second-order valence-electron chi connectivity index (χ2n) is 5.65. The molecule has 0 aliphatic heterocycles. The van der Waals surface area contributed by atoms with Crippen LogP contribution in [0, 0.1) is 5.82 Å². The van der Waals surface area contributed by atoms with E-state index in [2.05, 4.69) is 4.72 Å². The summed E-state index contributed by atoms with van der Waals surface area (Å²) in [5.74, 6) is -0.815. The van der Waals surface area contributed by atoms with Crippen LogP contribution in [0.1, 0.15) is 11.7 Å². The molecule has 0 saturated heterocycles. The van der Waals surface area contributed by atoms with Crippen molar-refractivity contribution in [2.24, 2.45) is 0 Å². The van der Waals surface area contributed by atoms with Crippen LogP contribution in [-0.4, -0.2) is 41.3 Å². The van der Waals surface area contributed by atoms with Gasteiger partial charge in [0.25, 0.3) is 0 Å². The molecule has 0 amide bonds. The van der Waals surface area contributed by atoms with Crippen molar-refractivity contribution in [3.63, 3.8) is 0 Å². The summed E-state index contributed by atoms with van der Waals surface area (Å²) in [5.41, 5.74) is 1.54. The predicted octanol–water partition coefficient (Wildman–Crippen LogP) is 1.91. The van der Waals surface area contributed by atoms with Gasteiger partial charge in [-0.2, -0.15) is 0 Å². The lowest BCUT2D eigenvalue weighted by Gasteiger charge is -2.16. The molecule has 0 fully saturated rings. The molecule has 2 N–H and O–H groups in total. The molecule has 0 heterocycles. The zero-order chi connectivity index (χ0) is 18.6. The zero-order valence-corrected chi connectivity index (χ0v) is 15.0. The topological polar surface area (TPSA) is 78.9 Å². The molecule has 136 valence electrons. The first-order chi connectivity index (χ1) is 11.7. The number of sulfonamides is 1. The minimum absolute atomic E-state index is 0.0417. The summed E-state index contributed by atoms with van der Waals surface area (Å²) in [6.45, 7) is -0.225. The summed E-state index contributed by atoms with van der Waals surface area (Å²) in [7, 11) is 1.14. The largest absolute Gasteiger partial charge is 0.494 e. The van der Waals surface area contributed by atoms with Gasteiger partial charge in [0.15, 0.2) is 11.6 Å². The first kappa shape index (κ1) is 19.2. The fourth-order valence-electron chi connectivity index (χ4n) is 2.20. The molecule has 2 aromatic rings. The van der Waals surface area contributed by atoms with Gasteiger partial charge >= 0.3 is 0 Å². The van der Waals surface area contributed by atoms with Gasteiger partial charge in [-0.15, -0.1) is 0 Å². The van der Waals surface area contributed by atoms with Crippen LogP contribution in [0.2, 0.25) is 0 Å². The molecule has 0 radical (unpaired) electrons. The van der Waals surface area contributed by atoms with Crippen molar-refractivity contribution in [3.05, 3.63) is 53.8 Å². The molecule has 0 aromatic heterocycles. The fourth-order valence-corrected chi connectivity index (χ4v) is 3.25. The second-order valence-corrected chi connectivity index (χ2v) is 7.42. The van der Waals surface area contributed by atoms with Crippen molar-refractivity contribution in [2.45, 2.75) is 11.0 Å². The lowest BCUT2D eigenvalue weighted by Crippen LogP contribution is -2.28. The van der Waals surface area contributed by atoms with Crippen LogP contribution < -0.4 is 14.4 Å². The molecular weight excluding hydrogens is 347 g/mol. The number of benzene rings is 2. The maximum absolute atomic E-state index is 13.7. The average molecular weight is 368 g/mol. The number of nitrogens with zero attached hydrogens (tertiary/aromatic N) is 1. The van der Waals surface area contributed by atoms with E-state index in [0.717, 1.165) is 11.8 Å². The summed E-state index contributed by atoms with van der Waals surface area (Å²) >= 11 is 0. The van der Waals surface area contributed by atoms with E-state index in [9.17, 15) is 17.9 Å². The Morgan fingerprint density at radius 1 is 1.20 bits per heavy atom. The van der Waals surface area contributed by atoms with Crippen LogP contribution >= 0.6 is 0 Å². The van der Waals surface area contributed by atoms with Gasteiger partial charge in [0.1, 0.15) is 0 Å². The van der Waals surface area contributed by atoms with Crippen LogP contribution in [-0.2, 0) is 10.0 Å². The highest BCUT2D eigenvalue weighted by atomic mass is 32.2. The minimum Gasteiger partial charge on any atom is -0.494 e. The zero-order valence-electron chi connectivity index (χ0n) is 14.2. The summed E-state index contributed by atoms with van der Waals surface area (Å²) in [4.78, 5) is 1.68. The van der Waals surface area contributed by atoms with Crippen molar-refractivity contribution >= 4 is 15.7 Å². The summed E-state index contributed by atoms with van der Waals surface area (Å²) in [6, 6.07) is 10.4. The van der Waals surface area contributed by atoms with Gasteiger partial charge in [-0.3, -0.25) is 0 Å². The first-order valence-corrected chi connectivity index (χ1v) is 9.01. The van der Waals surface area contributed by atoms with Gasteiger partial charge in [-0.1, -0.05) is 12.1 Å². The first-order valence-electron chi connectivity index (χ1n) is 7.53. The molecule has 0 spiro atoms. The highest BCUT2D eigenvalue weighted by Crippen LogP contribution is 2.21. The number of nitrogens with one attached hydrogen (secondary N) is 1. The third-order valence-corrected chi connectivity index (χ3v) is 5.12. The van der Waals surface area contributed by atoms with E-state index in [0.29, 0.717) is 5.56 Å². The maximum atomic E-state index is 13.7. The number of ether oxygens (including phenoxy) is 1. The van der Waals surface area contributed by atoms with Crippen LogP contribution in [0.3, 0.4) is 0 Å². The van der Waals surface area contributed by atoms with E-state index >= 15 is 0 Å². The van der Waals surface area contributed by atoms with E-state index in [1.807, 2.05) is 31.1 Å². The lowest BCUT2D eigenvalue weighted by atomic mass is 10.1. The predicted molar refractivity (Wildman–Crippen MR) is 93.9 cm³/mol. The average Bonchev–Trinajstić information content (AvgIpc) is 2.59. The number of aliphatic hydroxyl groups excluding tert-OH is 1. The molecule has 0 aliphatic rings. The molecule has 0 bridgehead atoms. The molecule has 6 nitrogen and oxygen atoms in total. The number of halogens is 1. The molecule has 1 unspecified atom stereocenters. The van der Waals surface area contributed by atoms with Gasteiger partial charge in [0.2, 0.25) is 10.0 Å². The Kier molecular flexibility index (Phi) is 5.99. The van der Waals surface area contributed by atoms with E-state index < -0.39 is 21.9 Å². The number of hydrogen-bond acceptors (Lipinski definition) is 5. The van der Waals surface area contributed by atoms with Gasteiger partial charge in [0, 0.05) is 26.3 Å².